The van der Waals surface area contributed by atoms with Crippen molar-refractivity contribution in [3.63, 3.8) is 0 Å². The standard InChI is InChI=1S/C20H20Cl2N4O2S2/c1-4-13-11(2)30-18(17(13)19(27)28-3)25-20(29)24-12-8-23-26(9-12)10-14-15(21)6-5-7-16(14)22/h5-9H,4,10H2,1-3H3,(H2,24,25,29). The summed E-state index contributed by atoms with van der Waals surface area (Å²) in [6.45, 7) is 4.40. The first-order valence-corrected chi connectivity index (χ1v) is 11.1. The number of halogens is 2. The fraction of sp³-hybridized carbons (Fsp3) is 0.250. The van der Waals surface area contributed by atoms with Crippen LogP contribution >= 0.6 is 46.8 Å². The third-order valence-corrected chi connectivity index (χ3v) is 6.43. The van der Waals surface area contributed by atoms with E-state index in [1.165, 1.54) is 18.4 Å². The molecular formula is C20H20Cl2N4O2S2. The highest BCUT2D eigenvalue weighted by Gasteiger charge is 2.22. The largest absolute Gasteiger partial charge is 0.465 e. The van der Waals surface area contributed by atoms with Crippen molar-refractivity contribution in [3.8, 4) is 0 Å². The quantitative estimate of drug-likeness (QED) is 0.343. The number of carbonyl (C=O) groups is 1. The van der Waals surface area contributed by atoms with Crippen molar-refractivity contribution < 1.29 is 9.53 Å². The normalized spacial score (nSPS) is 10.7. The van der Waals surface area contributed by atoms with Crippen molar-refractivity contribution in [2.45, 2.75) is 26.8 Å². The Kier molecular flexibility index (Phi) is 7.36. The van der Waals surface area contributed by atoms with E-state index < -0.39 is 0 Å². The van der Waals surface area contributed by atoms with Crippen LogP contribution in [-0.2, 0) is 17.7 Å². The second-order valence-corrected chi connectivity index (χ2v) is 8.84. The molecule has 0 bridgehead atoms. The number of nitrogens with one attached hydrogen (secondary N) is 2. The average Bonchev–Trinajstić information content (AvgIpc) is 3.27. The van der Waals surface area contributed by atoms with Gasteiger partial charge in [0.1, 0.15) is 5.00 Å². The summed E-state index contributed by atoms with van der Waals surface area (Å²) in [4.78, 5) is 13.3. The van der Waals surface area contributed by atoms with Gasteiger partial charge in [-0.2, -0.15) is 5.10 Å². The van der Waals surface area contributed by atoms with Crippen LogP contribution in [0.2, 0.25) is 10.0 Å². The molecule has 0 aliphatic rings. The lowest BCUT2D eigenvalue weighted by atomic mass is 10.1. The monoisotopic (exact) mass is 482 g/mol. The second-order valence-electron chi connectivity index (χ2n) is 6.39. The number of aromatic nitrogens is 2. The first kappa shape index (κ1) is 22.6. The molecule has 158 valence electrons. The van der Waals surface area contributed by atoms with Gasteiger partial charge in [-0.25, -0.2) is 4.79 Å². The Hall–Kier alpha value is -2.13. The molecular weight excluding hydrogens is 463 g/mol. The van der Waals surface area contributed by atoms with Gasteiger partial charge in [0.05, 0.1) is 31.1 Å². The molecule has 2 heterocycles. The molecule has 10 heteroatoms. The lowest BCUT2D eigenvalue weighted by Gasteiger charge is -2.10. The predicted molar refractivity (Wildman–Crippen MR) is 127 cm³/mol. The van der Waals surface area contributed by atoms with E-state index in [1.54, 1.807) is 35.3 Å². The fourth-order valence-corrected chi connectivity index (χ4v) is 4.97. The Morgan fingerprint density at radius 3 is 2.60 bits per heavy atom. The number of ether oxygens (including phenoxy) is 1. The summed E-state index contributed by atoms with van der Waals surface area (Å²) in [6.07, 6.45) is 4.18. The molecule has 6 nitrogen and oxygen atoms in total. The number of thiocarbonyl (C=S) groups is 1. The van der Waals surface area contributed by atoms with Gasteiger partial charge in [-0.1, -0.05) is 36.2 Å². The molecule has 0 saturated heterocycles. The Bertz CT molecular complexity index is 1070. The summed E-state index contributed by atoms with van der Waals surface area (Å²) in [5.74, 6) is -0.383. The molecule has 0 fully saturated rings. The average molecular weight is 483 g/mol. The lowest BCUT2D eigenvalue weighted by molar-refractivity contribution is 0.0601. The third-order valence-electron chi connectivity index (χ3n) is 4.45. The number of rotatable bonds is 6. The van der Waals surface area contributed by atoms with Gasteiger partial charge in [-0.15, -0.1) is 11.3 Å². The summed E-state index contributed by atoms with van der Waals surface area (Å²) >= 11 is 19.4. The molecule has 2 aromatic heterocycles. The van der Waals surface area contributed by atoms with Gasteiger partial charge in [0.25, 0.3) is 0 Å². The molecule has 0 unspecified atom stereocenters. The first-order chi connectivity index (χ1) is 14.3. The minimum atomic E-state index is -0.383. The number of esters is 1. The van der Waals surface area contributed by atoms with Gasteiger partial charge in [0, 0.05) is 26.7 Å². The zero-order valence-corrected chi connectivity index (χ0v) is 19.7. The molecule has 0 amide bonds. The van der Waals surface area contributed by atoms with Crippen LogP contribution in [-0.4, -0.2) is 28.0 Å². The Balaban J connectivity index is 1.72. The first-order valence-electron chi connectivity index (χ1n) is 9.08. The van der Waals surface area contributed by atoms with Crippen molar-refractivity contribution in [1.29, 1.82) is 0 Å². The van der Waals surface area contributed by atoms with Gasteiger partial charge in [-0.3, -0.25) is 4.68 Å². The Labute approximate surface area is 194 Å². The number of carbonyl (C=O) groups excluding carboxylic acids is 1. The summed E-state index contributed by atoms with van der Waals surface area (Å²) in [7, 11) is 1.37. The molecule has 3 aromatic rings. The van der Waals surface area contributed by atoms with Crippen molar-refractivity contribution in [2.24, 2.45) is 0 Å². The number of benzene rings is 1. The maximum atomic E-state index is 12.2. The van der Waals surface area contributed by atoms with Crippen LogP contribution in [0.1, 0.15) is 33.3 Å². The maximum absolute atomic E-state index is 12.2. The van der Waals surface area contributed by atoms with Gasteiger partial charge in [-0.05, 0) is 43.3 Å². The Morgan fingerprint density at radius 1 is 1.27 bits per heavy atom. The highest BCUT2D eigenvalue weighted by atomic mass is 35.5. The number of thiophene rings is 1. The van der Waals surface area contributed by atoms with Gasteiger partial charge >= 0.3 is 5.97 Å². The molecule has 0 saturated carbocycles. The van der Waals surface area contributed by atoms with Crippen LogP contribution in [0.15, 0.2) is 30.6 Å². The van der Waals surface area contributed by atoms with E-state index in [-0.39, 0.29) is 5.97 Å². The fourth-order valence-electron chi connectivity index (χ4n) is 3.04. The molecule has 0 atom stereocenters. The Morgan fingerprint density at radius 2 is 1.97 bits per heavy atom. The van der Waals surface area contributed by atoms with E-state index in [2.05, 4.69) is 15.7 Å². The number of hydrogen-bond acceptors (Lipinski definition) is 5. The van der Waals surface area contributed by atoms with Crippen molar-refractivity contribution >= 4 is 68.5 Å². The van der Waals surface area contributed by atoms with Crippen molar-refractivity contribution in [2.75, 3.05) is 17.7 Å². The van der Waals surface area contributed by atoms with Crippen molar-refractivity contribution in [1.82, 2.24) is 9.78 Å². The second kappa shape index (κ2) is 9.78. The number of nitrogens with zero attached hydrogens (tertiary/aromatic N) is 2. The summed E-state index contributed by atoms with van der Waals surface area (Å²) in [5.41, 5.74) is 2.97. The summed E-state index contributed by atoms with van der Waals surface area (Å²) < 4.78 is 6.65. The molecule has 2 N–H and O–H groups in total. The predicted octanol–water partition coefficient (Wildman–Crippen LogP) is 5.77. The van der Waals surface area contributed by atoms with Crippen LogP contribution in [0, 0.1) is 6.92 Å². The minimum absolute atomic E-state index is 0.347. The van der Waals surface area contributed by atoms with E-state index in [0.717, 1.165) is 22.4 Å². The van der Waals surface area contributed by atoms with Crippen LogP contribution in [0.3, 0.4) is 0 Å². The van der Waals surface area contributed by atoms with Gasteiger partial charge < -0.3 is 15.4 Å². The smallest absolute Gasteiger partial charge is 0.341 e. The van der Waals surface area contributed by atoms with E-state index >= 15 is 0 Å². The van der Waals surface area contributed by atoms with Crippen LogP contribution in [0.5, 0.6) is 0 Å². The number of methoxy groups -OCH3 is 1. The molecule has 3 rings (SSSR count). The topological polar surface area (TPSA) is 68.2 Å². The minimum Gasteiger partial charge on any atom is -0.465 e. The van der Waals surface area contributed by atoms with Crippen LogP contribution < -0.4 is 10.6 Å². The van der Waals surface area contributed by atoms with Crippen LogP contribution in [0.4, 0.5) is 10.7 Å². The van der Waals surface area contributed by atoms with Crippen LogP contribution in [0.25, 0.3) is 0 Å². The maximum Gasteiger partial charge on any atom is 0.341 e. The van der Waals surface area contributed by atoms with E-state index in [4.69, 9.17) is 40.2 Å². The number of aryl methyl sites for hydroxylation is 1. The summed E-state index contributed by atoms with van der Waals surface area (Å²) in [5, 5.41) is 12.7. The highest BCUT2D eigenvalue weighted by molar-refractivity contribution is 7.80. The molecule has 1 aromatic carbocycles. The molecule has 30 heavy (non-hydrogen) atoms. The molecule has 0 radical (unpaired) electrons. The van der Waals surface area contributed by atoms with E-state index in [0.29, 0.717) is 38.0 Å². The molecule has 0 aliphatic carbocycles. The third kappa shape index (κ3) is 4.95. The highest BCUT2D eigenvalue weighted by Crippen LogP contribution is 2.34. The van der Waals surface area contributed by atoms with Crippen molar-refractivity contribution in [3.05, 3.63) is 62.2 Å². The summed E-state index contributed by atoms with van der Waals surface area (Å²) in [6, 6.07) is 5.38. The zero-order valence-electron chi connectivity index (χ0n) is 16.6. The zero-order chi connectivity index (χ0) is 21.8. The number of hydrogen-bond donors (Lipinski definition) is 2. The van der Waals surface area contributed by atoms with E-state index in [1.807, 2.05) is 13.8 Å². The molecule has 0 aliphatic heterocycles. The number of anilines is 2. The van der Waals surface area contributed by atoms with E-state index in [9.17, 15) is 4.79 Å². The lowest BCUT2D eigenvalue weighted by Crippen LogP contribution is -2.20. The SMILES string of the molecule is CCc1c(C)sc(NC(=S)Nc2cnn(Cc3c(Cl)cccc3Cl)c2)c1C(=O)OC. The van der Waals surface area contributed by atoms with Gasteiger partial charge in [0.2, 0.25) is 0 Å². The van der Waals surface area contributed by atoms with Gasteiger partial charge in [0.15, 0.2) is 5.11 Å². The molecule has 0 spiro atoms.